The summed E-state index contributed by atoms with van der Waals surface area (Å²) in [6.07, 6.45) is 1.15. The molecular weight excluding hydrogens is 514 g/mol. The number of sulfonamides is 1. The smallest absolute Gasteiger partial charge is 0.211 e. The van der Waals surface area contributed by atoms with Crippen LogP contribution in [0.15, 0.2) is 60.1 Å². The Labute approximate surface area is 220 Å². The summed E-state index contributed by atoms with van der Waals surface area (Å²) in [5, 5.41) is 4.19. The van der Waals surface area contributed by atoms with Gasteiger partial charge in [-0.15, -0.1) is 0 Å². The first-order valence-electron chi connectivity index (χ1n) is 12.2. The van der Waals surface area contributed by atoms with Gasteiger partial charge in [0, 0.05) is 36.9 Å². The summed E-state index contributed by atoms with van der Waals surface area (Å²) in [5.41, 5.74) is 16.1. The maximum atomic E-state index is 15.5. The Morgan fingerprint density at radius 1 is 1.11 bits per heavy atom. The van der Waals surface area contributed by atoms with Gasteiger partial charge in [0.05, 0.1) is 12.4 Å². The second-order valence-electron chi connectivity index (χ2n) is 9.50. The lowest BCUT2D eigenvalue weighted by atomic mass is 9.86. The molecule has 0 aliphatic carbocycles. The number of hydrogen-bond donors (Lipinski definition) is 2. The number of benzene rings is 2. The molecular formula is C25H30F2N8O2S. The van der Waals surface area contributed by atoms with Crippen molar-refractivity contribution in [2.75, 3.05) is 30.8 Å². The highest BCUT2D eigenvalue weighted by Crippen LogP contribution is 2.43. The Kier molecular flexibility index (Phi) is 6.82. The Hall–Kier alpha value is -3.23. The first-order chi connectivity index (χ1) is 18.0. The third-order valence-corrected chi connectivity index (χ3v) is 8.36. The van der Waals surface area contributed by atoms with Crippen molar-refractivity contribution in [2.24, 2.45) is 11.5 Å². The lowest BCUT2D eigenvalue weighted by Gasteiger charge is -2.52. The normalized spacial score (nSPS) is 23.1. The van der Waals surface area contributed by atoms with Crippen LogP contribution in [0.25, 0.3) is 5.69 Å². The molecule has 0 saturated heterocycles. The van der Waals surface area contributed by atoms with Crippen LogP contribution in [0.3, 0.4) is 0 Å². The minimum atomic E-state index is -3.58. The van der Waals surface area contributed by atoms with Crippen molar-refractivity contribution in [1.29, 1.82) is 0 Å². The predicted molar refractivity (Wildman–Crippen MR) is 139 cm³/mol. The minimum Gasteiger partial charge on any atom is -0.315 e. The topological polar surface area (TPSA) is 127 Å². The zero-order valence-corrected chi connectivity index (χ0v) is 22.1. The van der Waals surface area contributed by atoms with Crippen molar-refractivity contribution < 1.29 is 17.2 Å². The number of anilines is 1. The Balaban J connectivity index is 1.69. The van der Waals surface area contributed by atoms with Gasteiger partial charge in [0.1, 0.15) is 29.9 Å². The third-order valence-electron chi connectivity index (χ3n) is 7.14. The highest BCUT2D eigenvalue weighted by atomic mass is 32.2. The molecule has 3 heterocycles. The van der Waals surface area contributed by atoms with Gasteiger partial charge < -0.3 is 10.6 Å². The number of aromatic nitrogens is 3. The van der Waals surface area contributed by atoms with Gasteiger partial charge in [-0.1, -0.05) is 19.1 Å². The average Bonchev–Trinajstić information content (AvgIpc) is 3.30. The first-order valence-corrected chi connectivity index (χ1v) is 14.0. The molecule has 2 aromatic carbocycles. The predicted octanol–water partition coefficient (Wildman–Crippen LogP) is 1.84. The van der Waals surface area contributed by atoms with E-state index in [0.717, 1.165) is 6.26 Å². The fourth-order valence-corrected chi connectivity index (χ4v) is 6.05. The fourth-order valence-electron chi connectivity index (χ4n) is 5.25. The van der Waals surface area contributed by atoms with E-state index in [4.69, 9.17) is 11.5 Å². The maximum Gasteiger partial charge on any atom is 0.211 e. The zero-order chi connectivity index (χ0) is 27.4. The molecule has 10 nitrogen and oxygen atoms in total. The van der Waals surface area contributed by atoms with Gasteiger partial charge in [-0.05, 0) is 48.4 Å². The lowest BCUT2D eigenvalue weighted by Crippen LogP contribution is -2.67. The third kappa shape index (κ3) is 4.60. The average molecular weight is 545 g/mol. The number of nitrogens with zero attached hydrogens (tertiary/aromatic N) is 6. The molecule has 0 bridgehead atoms. The van der Waals surface area contributed by atoms with E-state index in [1.54, 1.807) is 36.1 Å². The van der Waals surface area contributed by atoms with Gasteiger partial charge in [0.25, 0.3) is 0 Å². The molecule has 5 rings (SSSR count). The largest absolute Gasteiger partial charge is 0.315 e. The summed E-state index contributed by atoms with van der Waals surface area (Å²) in [7, 11) is -3.58. The van der Waals surface area contributed by atoms with E-state index in [1.165, 1.54) is 33.5 Å². The number of aryl methyl sites for hydroxylation is 1. The number of halogens is 2. The van der Waals surface area contributed by atoms with E-state index in [1.807, 2.05) is 11.8 Å². The SMILES string of the molecule is CCN1C(N)C2=C(C(c3ccc(F)cc3)CN(S(C)(=O)=O)C2)N(c2ccc(-n3cnc(C)n3)c(F)c2)C1N. The van der Waals surface area contributed by atoms with Crippen molar-refractivity contribution >= 4 is 15.7 Å². The van der Waals surface area contributed by atoms with Crippen LogP contribution in [-0.4, -0.2) is 70.7 Å². The van der Waals surface area contributed by atoms with Crippen molar-refractivity contribution in [3.05, 3.63) is 83.1 Å². The molecule has 0 spiro atoms. The second-order valence-corrected chi connectivity index (χ2v) is 11.5. The molecule has 0 fully saturated rings. The number of hydrogen-bond acceptors (Lipinski definition) is 8. The molecule has 3 aromatic rings. The molecule has 0 saturated carbocycles. The van der Waals surface area contributed by atoms with Crippen LogP contribution in [0.2, 0.25) is 0 Å². The fraction of sp³-hybridized carbons (Fsp3) is 0.360. The molecule has 0 amide bonds. The number of likely N-dealkylation sites (N-methyl/N-ethyl adjacent to an activating group) is 1. The van der Waals surface area contributed by atoms with Gasteiger partial charge in [-0.3, -0.25) is 10.6 Å². The van der Waals surface area contributed by atoms with Gasteiger partial charge >= 0.3 is 0 Å². The highest BCUT2D eigenvalue weighted by molar-refractivity contribution is 7.88. The molecule has 3 atom stereocenters. The monoisotopic (exact) mass is 544 g/mol. The van der Waals surface area contributed by atoms with Crippen LogP contribution in [0.1, 0.15) is 24.2 Å². The number of nitrogens with two attached hydrogens (primary N) is 2. The molecule has 13 heteroatoms. The van der Waals surface area contributed by atoms with Crippen LogP contribution in [-0.2, 0) is 10.0 Å². The van der Waals surface area contributed by atoms with E-state index in [-0.39, 0.29) is 18.8 Å². The summed E-state index contributed by atoms with van der Waals surface area (Å²) in [6, 6.07) is 10.6. The Morgan fingerprint density at radius 3 is 2.39 bits per heavy atom. The van der Waals surface area contributed by atoms with Gasteiger partial charge in [0.2, 0.25) is 10.0 Å². The zero-order valence-electron chi connectivity index (χ0n) is 21.3. The summed E-state index contributed by atoms with van der Waals surface area (Å²) in [4.78, 5) is 7.68. The first kappa shape index (κ1) is 26.4. The summed E-state index contributed by atoms with van der Waals surface area (Å²) in [5.74, 6) is -0.961. The summed E-state index contributed by atoms with van der Waals surface area (Å²) < 4.78 is 57.3. The summed E-state index contributed by atoms with van der Waals surface area (Å²) in [6.45, 7) is 4.24. The molecule has 1 aromatic heterocycles. The molecule has 38 heavy (non-hydrogen) atoms. The van der Waals surface area contributed by atoms with Crippen molar-refractivity contribution in [3.8, 4) is 5.69 Å². The van der Waals surface area contributed by atoms with Gasteiger partial charge in [-0.25, -0.2) is 26.9 Å². The van der Waals surface area contributed by atoms with Gasteiger partial charge in [-0.2, -0.15) is 9.40 Å². The highest BCUT2D eigenvalue weighted by Gasteiger charge is 2.45. The van der Waals surface area contributed by atoms with E-state index in [0.29, 0.717) is 34.9 Å². The quantitative estimate of drug-likeness (QED) is 0.498. The van der Waals surface area contributed by atoms with Crippen LogP contribution < -0.4 is 16.4 Å². The Morgan fingerprint density at radius 2 is 1.82 bits per heavy atom. The van der Waals surface area contributed by atoms with Crippen LogP contribution in [0.4, 0.5) is 14.5 Å². The van der Waals surface area contributed by atoms with E-state index in [9.17, 15) is 12.8 Å². The number of rotatable bonds is 5. The molecule has 4 N–H and O–H groups in total. The van der Waals surface area contributed by atoms with Crippen LogP contribution >= 0.6 is 0 Å². The van der Waals surface area contributed by atoms with E-state index >= 15 is 4.39 Å². The van der Waals surface area contributed by atoms with Gasteiger partial charge in [0.15, 0.2) is 5.82 Å². The van der Waals surface area contributed by atoms with Crippen LogP contribution in [0, 0.1) is 18.6 Å². The molecule has 202 valence electrons. The van der Waals surface area contributed by atoms with E-state index < -0.39 is 40.0 Å². The minimum absolute atomic E-state index is 0.0611. The molecule has 2 aliphatic rings. The molecule has 0 radical (unpaired) electrons. The van der Waals surface area contributed by atoms with Crippen molar-refractivity contribution in [2.45, 2.75) is 32.2 Å². The van der Waals surface area contributed by atoms with E-state index in [2.05, 4.69) is 10.1 Å². The lowest BCUT2D eigenvalue weighted by molar-refractivity contribution is 0.139. The second kappa shape index (κ2) is 9.82. The van der Waals surface area contributed by atoms with Crippen molar-refractivity contribution in [1.82, 2.24) is 24.0 Å². The molecule has 3 unspecified atom stereocenters. The summed E-state index contributed by atoms with van der Waals surface area (Å²) >= 11 is 0. The Bertz CT molecular complexity index is 1490. The van der Waals surface area contributed by atoms with Crippen molar-refractivity contribution in [3.63, 3.8) is 0 Å². The molecule has 2 aliphatic heterocycles. The van der Waals surface area contributed by atoms with Crippen LogP contribution in [0.5, 0.6) is 0 Å². The maximum absolute atomic E-state index is 15.5. The standard InChI is InChI=1S/C25H30F2N8O2S/c1-4-33-24(28)20-13-32(38(3,36)37)12-19(16-5-7-17(26)8-6-16)23(20)35(25(33)29)18-9-10-22(21(27)11-18)34-14-30-15(2)31-34/h5-11,14,19,24-25H,4,12-13,28-29H2,1-3H3.